The van der Waals surface area contributed by atoms with Crippen LogP contribution >= 0.6 is 0 Å². The summed E-state index contributed by atoms with van der Waals surface area (Å²) in [6, 6.07) is -21.6. The molecule has 40 nitrogen and oxygen atoms in total. The first-order chi connectivity index (χ1) is 50.4. The predicted octanol–water partition coefficient (Wildman–Crippen LogP) is -7.92. The normalized spacial score (nSPS) is 24.4. The fourth-order valence-corrected chi connectivity index (χ4v) is 12.1. The van der Waals surface area contributed by atoms with E-state index in [1.54, 1.807) is 34.6 Å². The summed E-state index contributed by atoms with van der Waals surface area (Å²) in [5, 5.41) is 78.1. The topological polar surface area (TPSA) is 664 Å². The fourth-order valence-electron chi connectivity index (χ4n) is 12.1. The number of aliphatic hydroxyl groups is 5. The molecule has 1 aliphatic rings. The van der Waals surface area contributed by atoms with Crippen molar-refractivity contribution < 1.29 is 112 Å². The molecule has 0 saturated carbocycles. The molecule has 1 saturated heterocycles. The molecule has 0 aromatic carbocycles. The van der Waals surface area contributed by atoms with Gasteiger partial charge in [-0.2, -0.15) is 0 Å². The van der Waals surface area contributed by atoms with Gasteiger partial charge in [-0.05, 0) is 102 Å². The third kappa shape index (κ3) is 30.2. The molecular formula is C69H123N17O23. The Hall–Kier alpha value is -8.80. The van der Waals surface area contributed by atoms with E-state index in [-0.39, 0.29) is 44.1 Å². The number of aliphatic hydroxyl groups excluding tert-OH is 4. The molecule has 0 radical (unpaired) electrons. The van der Waals surface area contributed by atoms with Gasteiger partial charge in [0.05, 0.1) is 36.2 Å². The number of nitrogens with two attached hydrogens (primary N) is 6. The molecule has 109 heavy (non-hydrogen) atoms. The lowest BCUT2D eigenvalue weighted by atomic mass is 9.85. The molecule has 0 unspecified atom stereocenters. The third-order valence-corrected chi connectivity index (χ3v) is 19.3. The minimum Gasteiger partial charge on any atom is -0.458 e. The van der Waals surface area contributed by atoms with Gasteiger partial charge in [-0.25, -0.2) is 4.79 Å². The molecule has 1 aliphatic heterocycles. The van der Waals surface area contributed by atoms with Gasteiger partial charge in [0.2, 0.25) is 82.7 Å². The highest BCUT2D eigenvalue weighted by Crippen LogP contribution is 2.25. The highest BCUT2D eigenvalue weighted by atomic mass is 16.5. The summed E-state index contributed by atoms with van der Waals surface area (Å²) >= 11 is 0. The van der Waals surface area contributed by atoms with Crippen molar-refractivity contribution in [2.24, 2.45) is 75.8 Å². The van der Waals surface area contributed by atoms with Gasteiger partial charge >= 0.3 is 5.97 Å². The number of rotatable bonds is 36. The van der Waals surface area contributed by atoms with E-state index in [4.69, 9.17) is 43.9 Å². The van der Waals surface area contributed by atoms with Gasteiger partial charge in [0, 0.05) is 40.1 Å². The lowest BCUT2D eigenvalue weighted by Gasteiger charge is -2.37. The van der Waals surface area contributed by atoms with Crippen LogP contribution < -0.4 is 82.3 Å². The lowest BCUT2D eigenvalue weighted by Crippen LogP contribution is -2.66. The first kappa shape index (κ1) is 98.2. The maximum atomic E-state index is 15.2. The molecule has 0 aromatic heterocycles. The van der Waals surface area contributed by atoms with Crippen LogP contribution in [0.5, 0.6) is 0 Å². The standard InChI is InChI=1S/C69H123N17O23/c1-18-31(6)26-32(7)50(90)35(10)57(95)79-41(28-71)59(97)84-54(69(13,14)107)51(91)52(92)65(103)80-46(33(8)34(9)55(74)93)61(99)82-48-37(12)109-68(106)43(25-30(4)5)86(16)67(105)40(27-45(73)89)78-64(102)49(53(108-17)56(75)94)83-60(98)42(21-22-44(72)88)85(15)66(104)39(24-29(2)3)77-58(96)38(20-19-23-70)76-62(100)47(36(11)87)81-63(48)101/h29-43,46-54,87,90-92,107H,18-28,70-71H2,1-17H3,(H2,72,88)(H2,73,89)(H2,74,93)(H2,75,94)(H,76,100)(H,77,96)(H,78,102)(H,79,95)(H,80,103)(H,81,101)(H,82,99)(H,83,98)(H,84,97)/t31-,32-,33+,34-,35-,36-,37-,38+,39+,40-,41-,42+,43+,46+,47-,48-,49-,50-,51-,52-,53+,54+/m1/s1. The van der Waals surface area contributed by atoms with E-state index >= 15 is 9.59 Å². The van der Waals surface area contributed by atoms with E-state index in [9.17, 15) is 92.7 Å². The van der Waals surface area contributed by atoms with Gasteiger partial charge in [-0.15, -0.1) is 0 Å². The Morgan fingerprint density at radius 2 is 1.14 bits per heavy atom. The molecule has 0 aliphatic carbocycles. The molecule has 22 atom stereocenters. The highest BCUT2D eigenvalue weighted by molar-refractivity contribution is 6.01. The van der Waals surface area contributed by atoms with Crippen molar-refractivity contribution in [1.29, 1.82) is 0 Å². The van der Waals surface area contributed by atoms with Crippen LogP contribution in [0.25, 0.3) is 0 Å². The first-order valence-electron chi connectivity index (χ1n) is 36.4. The zero-order chi connectivity index (χ0) is 84.3. The summed E-state index contributed by atoms with van der Waals surface area (Å²) in [4.78, 5) is 228. The van der Waals surface area contributed by atoms with Crippen molar-refractivity contribution >= 4 is 94.6 Å². The summed E-state index contributed by atoms with van der Waals surface area (Å²) in [7, 11) is 2.99. The van der Waals surface area contributed by atoms with Gasteiger partial charge in [0.25, 0.3) is 5.91 Å². The van der Waals surface area contributed by atoms with E-state index in [0.717, 1.165) is 60.2 Å². The van der Waals surface area contributed by atoms with E-state index in [0.29, 0.717) is 11.3 Å². The molecule has 15 amide bonds. The monoisotopic (exact) mass is 1560 g/mol. The van der Waals surface area contributed by atoms with Crippen LogP contribution in [0.15, 0.2) is 0 Å². The van der Waals surface area contributed by atoms with Crippen LogP contribution in [0.2, 0.25) is 0 Å². The van der Waals surface area contributed by atoms with Gasteiger partial charge in [0.15, 0.2) is 12.2 Å². The van der Waals surface area contributed by atoms with Crippen molar-refractivity contribution in [1.82, 2.24) is 57.7 Å². The van der Waals surface area contributed by atoms with Crippen molar-refractivity contribution in [2.75, 3.05) is 34.3 Å². The number of hydrogen-bond donors (Lipinski definition) is 20. The molecule has 1 fully saturated rings. The van der Waals surface area contributed by atoms with Crippen molar-refractivity contribution in [3.05, 3.63) is 0 Å². The molecule has 40 heteroatoms. The summed E-state index contributed by atoms with van der Waals surface area (Å²) < 4.78 is 11.1. The van der Waals surface area contributed by atoms with Crippen LogP contribution in [0.3, 0.4) is 0 Å². The first-order valence-corrected chi connectivity index (χ1v) is 36.4. The number of cyclic esters (lactones) is 1. The van der Waals surface area contributed by atoms with E-state index in [1.165, 1.54) is 20.8 Å². The maximum absolute atomic E-state index is 15.2. The van der Waals surface area contributed by atoms with Crippen LogP contribution in [-0.4, -0.2) is 273 Å². The second-order valence-electron chi connectivity index (χ2n) is 29.8. The molecule has 26 N–H and O–H groups in total. The zero-order valence-corrected chi connectivity index (χ0v) is 65.6. The number of nitrogens with zero attached hydrogens (tertiary/aromatic N) is 2. The number of esters is 1. The van der Waals surface area contributed by atoms with Crippen LogP contribution in [0, 0.1) is 41.4 Å². The third-order valence-electron chi connectivity index (χ3n) is 19.3. The Balaban J connectivity index is 4.50. The maximum Gasteiger partial charge on any atom is 0.329 e. The van der Waals surface area contributed by atoms with Crippen molar-refractivity contribution in [3.8, 4) is 0 Å². The number of amides is 15. The average Bonchev–Trinajstić information content (AvgIpc) is 1.04. The van der Waals surface area contributed by atoms with Gasteiger partial charge in [-0.3, -0.25) is 71.9 Å². The number of hydrogen-bond acceptors (Lipinski definition) is 25. The van der Waals surface area contributed by atoms with Gasteiger partial charge in [-0.1, -0.05) is 75.7 Å². The molecule has 0 aromatic rings. The predicted molar refractivity (Wildman–Crippen MR) is 390 cm³/mol. The molecule has 1 rings (SSSR count). The van der Waals surface area contributed by atoms with Crippen LogP contribution in [0.1, 0.15) is 155 Å². The second kappa shape index (κ2) is 45.4. The Morgan fingerprint density at radius 3 is 1.62 bits per heavy atom. The summed E-state index contributed by atoms with van der Waals surface area (Å²) in [5.74, 6) is -25.4. The highest BCUT2D eigenvalue weighted by Gasteiger charge is 2.47. The van der Waals surface area contributed by atoms with Gasteiger partial charge < -0.3 is 127 Å². The number of nitrogens with one attached hydrogen (secondary N) is 9. The number of primary amides is 4. The number of methoxy groups -OCH3 is 1. The minimum absolute atomic E-state index is 0.0123. The summed E-state index contributed by atoms with van der Waals surface area (Å²) in [6.07, 6.45) is -14.3. The van der Waals surface area contributed by atoms with Gasteiger partial charge in [0.1, 0.15) is 72.6 Å². The average molecular weight is 1560 g/mol. The van der Waals surface area contributed by atoms with E-state index in [1.807, 2.05) is 13.8 Å². The number of carbonyl (C=O) groups is 16. The lowest BCUT2D eigenvalue weighted by molar-refractivity contribution is -0.162. The Kier molecular flexibility index (Phi) is 40.9. The molecule has 622 valence electrons. The summed E-state index contributed by atoms with van der Waals surface area (Å²) in [6.45, 7) is 19.4. The Labute approximate surface area is 635 Å². The van der Waals surface area contributed by atoms with Crippen molar-refractivity contribution in [3.63, 3.8) is 0 Å². The number of likely N-dealkylation sites (N-methyl/N-ethyl adjacent to an activating group) is 2. The molecule has 0 bridgehead atoms. The number of ether oxygens (including phenoxy) is 2. The molecule has 0 spiro atoms. The SMILES string of the molecule is CC[C@@H](C)C[C@@H](C)[C@@H](O)[C@@H](C)C(=O)N[C@H](CN)C(=O)N[C@@H]([C@H](O)[C@@H](O)C(=O)N[C@H](C(=O)N[C@H]1C(=O)N[C@H]([C@@H](C)O)C(=O)N[C@@H](CCCN)C(=O)N[C@@H](CC(C)C)C(=O)N(C)[C@@H](CCC(N)=O)C(=O)N[C@H]([C@H](OC)C(N)=O)C(=O)N[C@H](CC(N)=O)C(=O)N(C)[C@@H](CC(C)C)C(=O)O[C@@H]1C)[C@@H](C)[C@@H](C)C(N)=O)C(C)(C)O. The number of carbonyl (C=O) groups excluding carboxylic acids is 16. The quantitative estimate of drug-likeness (QED) is 0.0259. The Bertz CT molecular complexity index is 3160. The van der Waals surface area contributed by atoms with Crippen LogP contribution in [0.4, 0.5) is 0 Å². The summed E-state index contributed by atoms with van der Waals surface area (Å²) in [5.41, 5.74) is 32.0. The zero-order valence-electron chi connectivity index (χ0n) is 65.6. The molecule has 1 heterocycles. The van der Waals surface area contributed by atoms with E-state index < -0.39 is 259 Å². The fraction of sp³-hybridized carbons (Fsp3) is 0.768. The molecular weight excluding hydrogens is 1430 g/mol. The second-order valence-corrected chi connectivity index (χ2v) is 29.8. The van der Waals surface area contributed by atoms with E-state index in [2.05, 4.69) is 47.9 Å². The van der Waals surface area contributed by atoms with Crippen LogP contribution in [-0.2, 0) is 86.2 Å². The Morgan fingerprint density at radius 1 is 0.606 bits per heavy atom. The van der Waals surface area contributed by atoms with Crippen molar-refractivity contribution in [2.45, 2.75) is 263 Å². The minimum atomic E-state index is -2.75. The smallest absolute Gasteiger partial charge is 0.329 e. The largest absolute Gasteiger partial charge is 0.458 e.